The maximum Gasteiger partial charge on any atom is 0.233 e. The molecule has 0 bridgehead atoms. The van der Waals surface area contributed by atoms with Crippen molar-refractivity contribution < 1.29 is 4.79 Å². The van der Waals surface area contributed by atoms with E-state index in [9.17, 15) is 4.79 Å². The first-order valence-electron chi connectivity index (χ1n) is 9.97. The van der Waals surface area contributed by atoms with Crippen molar-refractivity contribution in [1.29, 1.82) is 0 Å². The first-order valence-corrected chi connectivity index (χ1v) is 10.9. The molecule has 6 heteroatoms. The fraction of sp³-hybridized carbons (Fsp3) is 0.348. The summed E-state index contributed by atoms with van der Waals surface area (Å²) in [4.78, 5) is 12.7. The summed E-state index contributed by atoms with van der Waals surface area (Å²) in [7, 11) is 0. The van der Waals surface area contributed by atoms with Crippen molar-refractivity contribution in [2.24, 2.45) is 0 Å². The monoisotopic (exact) mass is 408 g/mol. The van der Waals surface area contributed by atoms with Gasteiger partial charge in [0, 0.05) is 6.04 Å². The third-order valence-corrected chi connectivity index (χ3v) is 5.91. The van der Waals surface area contributed by atoms with Crippen LogP contribution in [-0.4, -0.2) is 32.0 Å². The van der Waals surface area contributed by atoms with Crippen LogP contribution in [0.5, 0.6) is 0 Å². The Morgan fingerprint density at radius 1 is 1.00 bits per heavy atom. The number of hydrogen-bond donors (Lipinski definition) is 1. The van der Waals surface area contributed by atoms with Crippen LogP contribution in [-0.2, 0) is 17.8 Å². The largest absolute Gasteiger partial charge is 0.353 e. The molecule has 2 atom stereocenters. The fourth-order valence-electron chi connectivity index (χ4n) is 3.07. The van der Waals surface area contributed by atoms with Crippen LogP contribution in [0, 0.1) is 6.92 Å². The topological polar surface area (TPSA) is 59.8 Å². The molecule has 2 unspecified atom stereocenters. The number of carbonyl (C=O) groups is 1. The number of rotatable bonds is 9. The van der Waals surface area contributed by atoms with E-state index in [-0.39, 0.29) is 17.2 Å². The van der Waals surface area contributed by atoms with Gasteiger partial charge in [0.05, 0.1) is 11.8 Å². The van der Waals surface area contributed by atoms with Gasteiger partial charge in [-0.3, -0.25) is 4.79 Å². The first kappa shape index (κ1) is 21.1. The molecular formula is C23H28N4OS. The van der Waals surface area contributed by atoms with Gasteiger partial charge in [-0.2, -0.15) is 0 Å². The highest BCUT2D eigenvalue weighted by Crippen LogP contribution is 2.23. The maximum absolute atomic E-state index is 12.7. The average molecular weight is 409 g/mol. The Balaban J connectivity index is 1.54. The lowest BCUT2D eigenvalue weighted by Gasteiger charge is -2.17. The fourth-order valence-corrected chi connectivity index (χ4v) is 3.97. The standard InChI is InChI=1S/C23H28N4OS/c1-17(14-15-20-10-6-4-7-11-20)24-22(28)18(2)29-23-26-25-19(3)27(23)16-21-12-8-5-9-13-21/h4-13,17-18H,14-16H2,1-3H3,(H,24,28). The van der Waals surface area contributed by atoms with Crippen molar-refractivity contribution in [3.8, 4) is 0 Å². The summed E-state index contributed by atoms with van der Waals surface area (Å²) in [6.07, 6.45) is 1.87. The number of nitrogens with zero attached hydrogens (tertiary/aromatic N) is 3. The highest BCUT2D eigenvalue weighted by molar-refractivity contribution is 8.00. The van der Waals surface area contributed by atoms with Crippen LogP contribution in [0.2, 0.25) is 0 Å². The lowest BCUT2D eigenvalue weighted by Crippen LogP contribution is -2.38. The molecule has 0 radical (unpaired) electrons. The van der Waals surface area contributed by atoms with Gasteiger partial charge in [0.1, 0.15) is 5.82 Å². The number of nitrogens with one attached hydrogen (secondary N) is 1. The van der Waals surface area contributed by atoms with Gasteiger partial charge < -0.3 is 9.88 Å². The zero-order chi connectivity index (χ0) is 20.6. The van der Waals surface area contributed by atoms with Gasteiger partial charge in [-0.1, -0.05) is 72.4 Å². The highest BCUT2D eigenvalue weighted by Gasteiger charge is 2.20. The van der Waals surface area contributed by atoms with E-state index < -0.39 is 0 Å². The molecule has 0 spiro atoms. The van der Waals surface area contributed by atoms with Crippen LogP contribution < -0.4 is 5.32 Å². The molecule has 1 amide bonds. The molecular weight excluding hydrogens is 380 g/mol. The van der Waals surface area contributed by atoms with Crippen LogP contribution in [0.3, 0.4) is 0 Å². The Bertz CT molecular complexity index is 911. The number of aryl methyl sites for hydroxylation is 2. The van der Waals surface area contributed by atoms with Gasteiger partial charge in [-0.25, -0.2) is 0 Å². The maximum atomic E-state index is 12.7. The molecule has 152 valence electrons. The number of aromatic nitrogens is 3. The van der Waals surface area contributed by atoms with Crippen LogP contribution >= 0.6 is 11.8 Å². The van der Waals surface area contributed by atoms with Crippen LogP contribution in [0.1, 0.15) is 37.2 Å². The molecule has 3 rings (SSSR count). The summed E-state index contributed by atoms with van der Waals surface area (Å²) in [6.45, 7) is 6.61. The molecule has 5 nitrogen and oxygen atoms in total. The van der Waals surface area contributed by atoms with Crippen LogP contribution in [0.4, 0.5) is 0 Å². The van der Waals surface area contributed by atoms with Crippen molar-refractivity contribution in [3.05, 3.63) is 77.6 Å². The van der Waals surface area contributed by atoms with Crippen molar-refractivity contribution >= 4 is 17.7 Å². The quantitative estimate of drug-likeness (QED) is 0.538. The van der Waals surface area contributed by atoms with Gasteiger partial charge in [-0.15, -0.1) is 10.2 Å². The highest BCUT2D eigenvalue weighted by atomic mass is 32.2. The molecule has 29 heavy (non-hydrogen) atoms. The van der Waals surface area contributed by atoms with E-state index in [0.717, 1.165) is 23.8 Å². The Kier molecular flexibility index (Phi) is 7.47. The van der Waals surface area contributed by atoms with Crippen LogP contribution in [0.15, 0.2) is 65.8 Å². The molecule has 3 aromatic rings. The van der Waals surface area contributed by atoms with E-state index in [1.54, 1.807) is 0 Å². The first-order chi connectivity index (χ1) is 14.0. The number of carbonyl (C=O) groups excluding carboxylic acids is 1. The molecule has 0 saturated carbocycles. The second-order valence-electron chi connectivity index (χ2n) is 7.30. The molecule has 0 aliphatic rings. The lowest BCUT2D eigenvalue weighted by molar-refractivity contribution is -0.120. The van der Waals surface area contributed by atoms with Crippen molar-refractivity contribution in [2.45, 2.75) is 56.6 Å². The SMILES string of the molecule is Cc1nnc(SC(C)C(=O)NC(C)CCc2ccccc2)n1Cc1ccccc1. The molecule has 1 N–H and O–H groups in total. The number of hydrogen-bond acceptors (Lipinski definition) is 4. The second-order valence-corrected chi connectivity index (χ2v) is 8.60. The van der Waals surface area contributed by atoms with E-state index in [1.807, 2.05) is 50.2 Å². The summed E-state index contributed by atoms with van der Waals surface area (Å²) in [5, 5.41) is 12.1. The van der Waals surface area contributed by atoms with Crippen molar-refractivity contribution in [3.63, 3.8) is 0 Å². The third kappa shape index (κ3) is 6.19. The third-order valence-electron chi connectivity index (χ3n) is 4.83. The molecule has 2 aromatic carbocycles. The van der Waals surface area contributed by atoms with E-state index in [2.05, 4.69) is 51.3 Å². The summed E-state index contributed by atoms with van der Waals surface area (Å²) >= 11 is 1.45. The Hall–Kier alpha value is -2.60. The average Bonchev–Trinajstić information content (AvgIpc) is 3.07. The Morgan fingerprint density at radius 2 is 1.62 bits per heavy atom. The summed E-state index contributed by atoms with van der Waals surface area (Å²) in [5.74, 6) is 0.877. The Morgan fingerprint density at radius 3 is 2.28 bits per heavy atom. The predicted molar refractivity (Wildman–Crippen MR) is 118 cm³/mol. The normalized spacial score (nSPS) is 13.1. The minimum atomic E-state index is -0.243. The van der Waals surface area contributed by atoms with Crippen LogP contribution in [0.25, 0.3) is 0 Å². The number of benzene rings is 2. The minimum Gasteiger partial charge on any atom is -0.353 e. The van der Waals surface area contributed by atoms with Crippen molar-refractivity contribution in [1.82, 2.24) is 20.1 Å². The van der Waals surface area contributed by atoms with E-state index in [1.165, 1.54) is 22.9 Å². The van der Waals surface area contributed by atoms with E-state index in [0.29, 0.717) is 6.54 Å². The number of amides is 1. The molecule has 0 aliphatic carbocycles. The Labute approximate surface area is 176 Å². The lowest BCUT2D eigenvalue weighted by atomic mass is 10.1. The summed E-state index contributed by atoms with van der Waals surface area (Å²) in [5.41, 5.74) is 2.48. The predicted octanol–water partition coefficient (Wildman–Crippen LogP) is 4.25. The second kappa shape index (κ2) is 10.3. The van der Waals surface area contributed by atoms with E-state index >= 15 is 0 Å². The summed E-state index contributed by atoms with van der Waals surface area (Å²) < 4.78 is 2.06. The summed E-state index contributed by atoms with van der Waals surface area (Å²) in [6, 6.07) is 20.7. The zero-order valence-electron chi connectivity index (χ0n) is 17.2. The number of thioether (sulfide) groups is 1. The molecule has 1 heterocycles. The van der Waals surface area contributed by atoms with Crippen molar-refractivity contribution in [2.75, 3.05) is 0 Å². The molecule has 0 fully saturated rings. The zero-order valence-corrected chi connectivity index (χ0v) is 18.0. The molecule has 0 aliphatic heterocycles. The smallest absolute Gasteiger partial charge is 0.233 e. The van der Waals surface area contributed by atoms with Gasteiger partial charge in [-0.05, 0) is 44.7 Å². The van der Waals surface area contributed by atoms with Gasteiger partial charge in [0.15, 0.2) is 5.16 Å². The minimum absolute atomic E-state index is 0.0301. The molecule has 0 saturated heterocycles. The van der Waals surface area contributed by atoms with Gasteiger partial charge in [0.25, 0.3) is 0 Å². The molecule has 1 aromatic heterocycles. The van der Waals surface area contributed by atoms with Gasteiger partial charge in [0.2, 0.25) is 5.91 Å². The van der Waals surface area contributed by atoms with Gasteiger partial charge >= 0.3 is 0 Å². The van der Waals surface area contributed by atoms with E-state index in [4.69, 9.17) is 0 Å².